The van der Waals surface area contributed by atoms with Crippen LogP contribution in [0.5, 0.6) is 0 Å². The summed E-state index contributed by atoms with van der Waals surface area (Å²) < 4.78 is 27.3. The molecule has 0 amide bonds. The Kier molecular flexibility index (Phi) is 20.3. The summed E-state index contributed by atoms with van der Waals surface area (Å²) in [4.78, 5) is 12.2. The van der Waals surface area contributed by atoms with Gasteiger partial charge in [0.2, 0.25) is 5.76 Å². The Morgan fingerprint density at radius 3 is 1.61 bits per heavy atom. The zero-order chi connectivity index (χ0) is 31.8. The van der Waals surface area contributed by atoms with E-state index in [0.29, 0.717) is 5.92 Å². The fourth-order valence-corrected chi connectivity index (χ4v) is 12.4. The van der Waals surface area contributed by atoms with Crippen LogP contribution in [-0.4, -0.2) is 49.0 Å². The highest BCUT2D eigenvalue weighted by molar-refractivity contribution is 14.1. The predicted molar refractivity (Wildman–Crippen MR) is 190 cm³/mol. The second kappa shape index (κ2) is 20.5. The van der Waals surface area contributed by atoms with Crippen LogP contribution >= 0.6 is 22.6 Å². The lowest BCUT2D eigenvalue weighted by atomic mass is 9.79. The highest BCUT2D eigenvalue weighted by atomic mass is 127. The molecule has 0 aliphatic rings. The van der Waals surface area contributed by atoms with Gasteiger partial charge in [-0.05, 0) is 84.9 Å². The molecule has 0 radical (unpaired) electrons. The lowest BCUT2D eigenvalue weighted by Crippen LogP contribution is -2.52. The molecule has 0 aromatic rings. The second-order valence-electron chi connectivity index (χ2n) is 11.8. The van der Waals surface area contributed by atoms with Crippen LogP contribution in [0.15, 0.2) is 33.1 Å². The van der Waals surface area contributed by atoms with Crippen molar-refractivity contribution in [1.82, 2.24) is 0 Å². The molecule has 0 unspecified atom stereocenters. The molecule has 0 N–H and O–H groups in total. The highest BCUT2D eigenvalue weighted by Gasteiger charge is 2.43. The molecule has 8 heteroatoms. The third-order valence-electron chi connectivity index (χ3n) is 9.35. The molecule has 0 bridgehead atoms. The van der Waals surface area contributed by atoms with Crippen molar-refractivity contribution in [1.29, 1.82) is 0 Å². The zero-order valence-electron chi connectivity index (χ0n) is 28.7. The molecule has 0 aromatic heterocycles. The Balaban J connectivity index is 7.07. The van der Waals surface area contributed by atoms with Gasteiger partial charge in [0.25, 0.3) is 0 Å². The molecule has 5 nitrogen and oxygen atoms in total. The van der Waals surface area contributed by atoms with E-state index in [0.717, 1.165) is 54.7 Å². The van der Waals surface area contributed by atoms with Gasteiger partial charge in [-0.2, -0.15) is 0 Å². The van der Waals surface area contributed by atoms with Gasteiger partial charge in [-0.25, -0.2) is 4.79 Å². The molecule has 0 saturated carbocycles. The number of hydrogen-bond donors (Lipinski definition) is 0. The maximum absolute atomic E-state index is 12.2. The third kappa shape index (κ3) is 12.2. The summed E-state index contributed by atoms with van der Waals surface area (Å²) in [5.74, 6) is 0.501. The average Bonchev–Trinajstić information content (AvgIpc) is 2.99. The Morgan fingerprint density at radius 1 is 0.780 bits per heavy atom. The minimum absolute atomic E-state index is 0.0209. The first-order valence-electron chi connectivity index (χ1n) is 16.0. The van der Waals surface area contributed by atoms with E-state index in [9.17, 15) is 4.79 Å². The number of hydrogen-bond acceptors (Lipinski definition) is 5. The highest BCUT2D eigenvalue weighted by Crippen LogP contribution is 2.39. The van der Waals surface area contributed by atoms with Crippen molar-refractivity contribution in [2.24, 2.45) is 17.8 Å². The van der Waals surface area contributed by atoms with Gasteiger partial charge in [-0.15, -0.1) is 0 Å². The van der Waals surface area contributed by atoms with Gasteiger partial charge in [-0.1, -0.05) is 102 Å². The first kappa shape index (κ1) is 40.6. The summed E-state index contributed by atoms with van der Waals surface area (Å²) in [6.45, 7) is 25.1. The van der Waals surface area contributed by atoms with Crippen molar-refractivity contribution in [3.8, 4) is 0 Å². The van der Waals surface area contributed by atoms with Gasteiger partial charge in [0.15, 0.2) is 16.6 Å². The summed E-state index contributed by atoms with van der Waals surface area (Å²) in [6, 6.07) is 6.72. The van der Waals surface area contributed by atoms with E-state index in [-0.39, 0.29) is 29.8 Å². The monoisotopic (exact) mass is 722 g/mol. The molecular formula is C33H63IO5Si2. The van der Waals surface area contributed by atoms with Crippen molar-refractivity contribution in [3.05, 3.63) is 33.1 Å². The second-order valence-corrected chi connectivity index (χ2v) is 21.9. The molecule has 0 aliphatic carbocycles. The predicted octanol–water partition coefficient (Wildman–Crippen LogP) is 10.4. The summed E-state index contributed by atoms with van der Waals surface area (Å²) >= 11 is 2.37. The number of halogens is 1. The number of rotatable bonds is 21. The lowest BCUT2D eigenvalue weighted by Gasteiger charge is -2.46. The summed E-state index contributed by atoms with van der Waals surface area (Å²) in [7, 11) is -0.943. The topological polar surface area (TPSA) is 54.0 Å². The normalized spacial score (nSPS) is 17.6. The fraction of sp³-hybridized carbons (Fsp3) is 0.788. The first-order chi connectivity index (χ1) is 19.4. The van der Waals surface area contributed by atoms with E-state index >= 15 is 0 Å². The van der Waals surface area contributed by atoms with E-state index < -0.39 is 22.6 Å². The minimum atomic E-state index is -1.94. The average molecular weight is 723 g/mol. The maximum Gasteiger partial charge on any atom is 0.373 e. The molecule has 0 heterocycles. The van der Waals surface area contributed by atoms with Gasteiger partial charge < -0.3 is 18.3 Å². The Labute approximate surface area is 269 Å². The molecule has 0 spiro atoms. The number of carbonyl (C=O) groups excluding carboxylic acids is 1. The van der Waals surface area contributed by atoms with Crippen molar-refractivity contribution in [2.45, 2.75) is 137 Å². The molecule has 0 aliphatic heterocycles. The molecule has 5 atom stereocenters. The molecule has 0 saturated heterocycles. The van der Waals surface area contributed by atoms with Crippen LogP contribution in [0.2, 0.25) is 36.3 Å². The van der Waals surface area contributed by atoms with Crippen LogP contribution in [0.1, 0.15) is 89.0 Å². The van der Waals surface area contributed by atoms with Crippen LogP contribution in [0.3, 0.4) is 0 Å². The van der Waals surface area contributed by atoms with Crippen LogP contribution in [0.25, 0.3) is 0 Å². The minimum Gasteiger partial charge on any atom is -0.490 e. The van der Waals surface area contributed by atoms with E-state index in [2.05, 4.69) is 102 Å². The standard InChI is InChI=1S/C33H63IO5Si2/c1-14-29(32(28(11)22-26(9)24-34)39-41(18-5,19-6)20-7)31(38-40(15-2,16-3)17-4)27(10)21-25(8)23-30(36-12)33(35)37-13/h21,23-24,27-29,31-32H,14-20,22H2,1-13H3/b25-21+,26-24+,30-23-/t27-,28-,29-,31-,32+/m1/s1. The largest absolute Gasteiger partial charge is 0.490 e. The Morgan fingerprint density at radius 2 is 1.24 bits per heavy atom. The third-order valence-corrected chi connectivity index (χ3v) is 19.7. The van der Waals surface area contributed by atoms with Crippen LogP contribution in [-0.2, 0) is 23.1 Å². The Hall–Kier alpha value is -0.426. The molecule has 0 fully saturated rings. The van der Waals surface area contributed by atoms with E-state index in [1.807, 2.05) is 6.92 Å². The lowest BCUT2D eigenvalue weighted by molar-refractivity contribution is -0.139. The van der Waals surface area contributed by atoms with E-state index in [1.54, 1.807) is 6.08 Å². The van der Waals surface area contributed by atoms with Crippen molar-refractivity contribution in [3.63, 3.8) is 0 Å². The van der Waals surface area contributed by atoms with Crippen LogP contribution in [0, 0.1) is 17.8 Å². The van der Waals surface area contributed by atoms with Crippen molar-refractivity contribution >= 4 is 45.2 Å². The smallest absolute Gasteiger partial charge is 0.373 e. The molecule has 41 heavy (non-hydrogen) atoms. The van der Waals surface area contributed by atoms with E-state index in [4.69, 9.17) is 18.3 Å². The number of esters is 1. The number of methoxy groups -OCH3 is 2. The number of ether oxygens (including phenoxy) is 2. The summed E-state index contributed by atoms with van der Waals surface area (Å²) in [6.07, 6.45) is 6.19. The van der Waals surface area contributed by atoms with Gasteiger partial charge in [0, 0.05) is 5.92 Å². The summed E-state index contributed by atoms with van der Waals surface area (Å²) in [5, 5.41) is 0. The van der Waals surface area contributed by atoms with Crippen LogP contribution in [0.4, 0.5) is 0 Å². The SMILES string of the molecule is CC[C@@H]([C@@H](O[Si](CC)(CC)CC)[C@H](C)C/C(C)=C/I)[C@H](O[Si](CC)(CC)CC)[C@H](C)/C=C(C)/C=C(\OC)C(=O)OC. The van der Waals surface area contributed by atoms with Gasteiger partial charge in [-0.3, -0.25) is 0 Å². The fourth-order valence-electron chi connectivity index (χ4n) is 6.17. The molecule has 0 aromatic carbocycles. The number of carbonyl (C=O) groups is 1. The summed E-state index contributed by atoms with van der Waals surface area (Å²) in [5.41, 5.74) is 2.37. The molecular weight excluding hydrogens is 659 g/mol. The van der Waals surface area contributed by atoms with Crippen molar-refractivity contribution in [2.75, 3.05) is 14.2 Å². The van der Waals surface area contributed by atoms with Gasteiger partial charge in [0.1, 0.15) is 0 Å². The first-order valence-corrected chi connectivity index (χ1v) is 22.3. The zero-order valence-corrected chi connectivity index (χ0v) is 32.9. The van der Waals surface area contributed by atoms with Gasteiger partial charge in [0.05, 0.1) is 26.4 Å². The van der Waals surface area contributed by atoms with Crippen LogP contribution < -0.4 is 0 Å². The van der Waals surface area contributed by atoms with Crippen molar-refractivity contribution < 1.29 is 23.1 Å². The molecule has 0 rings (SSSR count). The Bertz CT molecular complexity index is 832. The van der Waals surface area contributed by atoms with E-state index in [1.165, 1.54) is 19.8 Å². The molecule has 240 valence electrons. The van der Waals surface area contributed by atoms with Gasteiger partial charge >= 0.3 is 5.97 Å². The maximum atomic E-state index is 12.2. The quantitative estimate of drug-likeness (QED) is 0.0295. The number of allylic oxidation sites excluding steroid dienone is 3.